The summed E-state index contributed by atoms with van der Waals surface area (Å²) in [6, 6.07) is 6.59. The van der Waals surface area contributed by atoms with Gasteiger partial charge in [-0.05, 0) is 67.1 Å². The number of fused-ring (bicyclic) bond motifs is 1. The van der Waals surface area contributed by atoms with Crippen LogP contribution in [0.15, 0.2) is 35.1 Å². The van der Waals surface area contributed by atoms with Crippen LogP contribution >= 0.6 is 15.9 Å². The van der Waals surface area contributed by atoms with E-state index in [1.54, 1.807) is 0 Å². The molecule has 0 bridgehead atoms. The maximum atomic E-state index is 12.4. The monoisotopic (exact) mass is 433 g/mol. The third kappa shape index (κ3) is 4.99. The van der Waals surface area contributed by atoms with Crippen LogP contribution in [0.4, 0.5) is 4.79 Å². The normalized spacial score (nSPS) is 19.1. The molecule has 1 aliphatic rings. The predicted molar refractivity (Wildman–Crippen MR) is 112 cm³/mol. The topological polar surface area (TPSA) is 45.7 Å². The van der Waals surface area contributed by atoms with Crippen molar-refractivity contribution in [2.75, 3.05) is 19.6 Å². The van der Waals surface area contributed by atoms with Crippen LogP contribution < -0.4 is 0 Å². The number of hydrogen-bond acceptors (Lipinski definition) is 4. The minimum absolute atomic E-state index is 0.212. The van der Waals surface area contributed by atoms with E-state index in [4.69, 9.17) is 4.74 Å². The maximum Gasteiger partial charge on any atom is 0.410 e. The average Bonchev–Trinajstić information content (AvgIpc) is 2.78. The van der Waals surface area contributed by atoms with Gasteiger partial charge < -0.3 is 9.64 Å². The fraction of sp³-hybridized carbons (Fsp3) is 0.524. The molecule has 0 spiro atoms. The maximum absolute atomic E-state index is 12.4. The molecule has 27 heavy (non-hydrogen) atoms. The number of ether oxygens (including phenoxy) is 1. The summed E-state index contributed by atoms with van der Waals surface area (Å²) in [4.78, 5) is 20.9. The van der Waals surface area contributed by atoms with Gasteiger partial charge in [0.25, 0.3) is 0 Å². The fourth-order valence-corrected chi connectivity index (χ4v) is 4.07. The molecule has 1 amide bonds. The first-order valence-electron chi connectivity index (χ1n) is 9.47. The number of aromatic nitrogens is 1. The summed E-state index contributed by atoms with van der Waals surface area (Å²) in [5, 5.41) is 2.31. The van der Waals surface area contributed by atoms with E-state index in [1.807, 2.05) is 44.1 Å². The summed E-state index contributed by atoms with van der Waals surface area (Å²) < 4.78 is 6.68. The highest BCUT2D eigenvalue weighted by Gasteiger charge is 2.28. The molecule has 0 unspecified atom stereocenters. The number of carbonyl (C=O) groups excluding carboxylic acids is 1. The van der Waals surface area contributed by atoms with Gasteiger partial charge in [0.2, 0.25) is 0 Å². The van der Waals surface area contributed by atoms with Crippen molar-refractivity contribution >= 4 is 32.8 Å². The van der Waals surface area contributed by atoms with Gasteiger partial charge in [-0.25, -0.2) is 4.79 Å². The van der Waals surface area contributed by atoms with E-state index in [9.17, 15) is 4.79 Å². The zero-order valence-electron chi connectivity index (χ0n) is 16.5. The fourth-order valence-electron chi connectivity index (χ4n) is 3.45. The molecule has 2 heterocycles. The van der Waals surface area contributed by atoms with E-state index < -0.39 is 5.60 Å². The lowest BCUT2D eigenvalue weighted by Crippen LogP contribution is -2.43. The number of rotatable bonds is 2. The second-order valence-electron chi connectivity index (χ2n) is 8.23. The second-order valence-corrected chi connectivity index (χ2v) is 9.03. The predicted octanol–water partition coefficient (Wildman–Crippen LogP) is 4.83. The van der Waals surface area contributed by atoms with E-state index >= 15 is 0 Å². The zero-order valence-corrected chi connectivity index (χ0v) is 18.1. The highest BCUT2D eigenvalue weighted by Crippen LogP contribution is 2.29. The molecule has 6 heteroatoms. The lowest BCUT2D eigenvalue weighted by atomic mass is 10.1. The first-order valence-corrected chi connectivity index (χ1v) is 10.3. The molecule has 0 radical (unpaired) electrons. The molecule has 0 aliphatic carbocycles. The van der Waals surface area contributed by atoms with Gasteiger partial charge in [0, 0.05) is 54.5 Å². The van der Waals surface area contributed by atoms with Crippen LogP contribution in [0, 0.1) is 0 Å². The SMILES string of the molecule is C[C@@H]1CN(C(=O)OC(C)(C)C)CCCN1Cc1ccc2cnccc2c1Br. The molecular weight excluding hydrogens is 406 g/mol. The third-order valence-electron chi connectivity index (χ3n) is 4.84. The number of carbonyl (C=O) groups is 1. The Morgan fingerprint density at radius 2 is 2.07 bits per heavy atom. The number of amides is 1. The van der Waals surface area contributed by atoms with E-state index in [1.165, 1.54) is 10.9 Å². The second kappa shape index (κ2) is 8.15. The molecule has 1 aliphatic heterocycles. The molecule has 146 valence electrons. The Kier molecular flexibility index (Phi) is 6.06. The third-order valence-corrected chi connectivity index (χ3v) is 5.78. The van der Waals surface area contributed by atoms with E-state index in [0.717, 1.165) is 35.9 Å². The Bertz CT molecular complexity index is 819. The molecule has 1 atom stereocenters. The lowest BCUT2D eigenvalue weighted by molar-refractivity contribution is 0.0235. The van der Waals surface area contributed by atoms with Crippen molar-refractivity contribution in [3.63, 3.8) is 0 Å². The number of nitrogens with zero attached hydrogens (tertiary/aromatic N) is 3. The summed E-state index contributed by atoms with van der Waals surface area (Å²) in [6.07, 6.45) is 4.44. The molecule has 1 aromatic heterocycles. The van der Waals surface area contributed by atoms with Gasteiger partial charge >= 0.3 is 6.09 Å². The van der Waals surface area contributed by atoms with Gasteiger partial charge in [-0.1, -0.05) is 12.1 Å². The Hall–Kier alpha value is -1.66. The van der Waals surface area contributed by atoms with Crippen LogP contribution in [-0.4, -0.2) is 52.2 Å². The van der Waals surface area contributed by atoms with Gasteiger partial charge in [-0.15, -0.1) is 0 Å². The van der Waals surface area contributed by atoms with Crippen LogP contribution in [0.5, 0.6) is 0 Å². The van der Waals surface area contributed by atoms with E-state index in [-0.39, 0.29) is 12.1 Å². The quantitative estimate of drug-likeness (QED) is 0.680. The van der Waals surface area contributed by atoms with Gasteiger partial charge in [0.05, 0.1) is 0 Å². The standard InChI is InChI=1S/C21H28BrN3O2/c1-15-13-25(20(26)27-21(2,3)4)11-5-10-24(15)14-17-7-6-16-12-23-9-8-18(16)19(17)22/h6-9,12,15H,5,10-11,13-14H2,1-4H3/t15-/m1/s1. The number of hydrogen-bond donors (Lipinski definition) is 0. The number of benzene rings is 1. The lowest BCUT2D eigenvalue weighted by Gasteiger charge is -2.30. The molecule has 2 aromatic rings. The van der Waals surface area contributed by atoms with Crippen molar-refractivity contribution in [1.29, 1.82) is 0 Å². The molecule has 1 aromatic carbocycles. The molecular formula is C21H28BrN3O2. The molecule has 3 rings (SSSR count). The van der Waals surface area contributed by atoms with E-state index in [0.29, 0.717) is 6.54 Å². The van der Waals surface area contributed by atoms with Gasteiger partial charge in [0.15, 0.2) is 0 Å². The minimum Gasteiger partial charge on any atom is -0.444 e. The van der Waals surface area contributed by atoms with Crippen molar-refractivity contribution in [3.05, 3.63) is 40.6 Å². The van der Waals surface area contributed by atoms with Crippen LogP contribution in [0.2, 0.25) is 0 Å². The molecule has 1 fully saturated rings. The first kappa shape index (κ1) is 20.1. The largest absolute Gasteiger partial charge is 0.444 e. The summed E-state index contributed by atoms with van der Waals surface area (Å²) in [7, 11) is 0. The summed E-state index contributed by atoms with van der Waals surface area (Å²) in [5.41, 5.74) is 0.795. The minimum atomic E-state index is -0.461. The molecule has 0 N–H and O–H groups in total. The molecule has 0 saturated carbocycles. The highest BCUT2D eigenvalue weighted by atomic mass is 79.9. The summed E-state index contributed by atoms with van der Waals surface area (Å²) >= 11 is 3.78. The van der Waals surface area contributed by atoms with Gasteiger partial charge in [-0.2, -0.15) is 0 Å². The number of halogens is 1. The van der Waals surface area contributed by atoms with Crippen LogP contribution in [0.25, 0.3) is 10.8 Å². The van der Waals surface area contributed by atoms with Crippen LogP contribution in [0.3, 0.4) is 0 Å². The van der Waals surface area contributed by atoms with Crippen LogP contribution in [-0.2, 0) is 11.3 Å². The van der Waals surface area contributed by atoms with E-state index in [2.05, 4.69) is 44.9 Å². The van der Waals surface area contributed by atoms with Gasteiger partial charge in [-0.3, -0.25) is 9.88 Å². The smallest absolute Gasteiger partial charge is 0.410 e. The van der Waals surface area contributed by atoms with Crippen LogP contribution in [0.1, 0.15) is 39.7 Å². The average molecular weight is 434 g/mol. The Morgan fingerprint density at radius 1 is 1.30 bits per heavy atom. The molecule has 1 saturated heterocycles. The first-order chi connectivity index (χ1) is 12.7. The molecule has 5 nitrogen and oxygen atoms in total. The highest BCUT2D eigenvalue weighted by molar-refractivity contribution is 9.10. The van der Waals surface area contributed by atoms with Gasteiger partial charge in [0.1, 0.15) is 5.60 Å². The van der Waals surface area contributed by atoms with Crippen molar-refractivity contribution < 1.29 is 9.53 Å². The summed E-state index contributed by atoms with van der Waals surface area (Å²) in [5.74, 6) is 0. The van der Waals surface area contributed by atoms with Crippen molar-refractivity contribution in [3.8, 4) is 0 Å². The Balaban J connectivity index is 1.71. The van der Waals surface area contributed by atoms with Crippen molar-refractivity contribution in [1.82, 2.24) is 14.8 Å². The Labute approximate surface area is 169 Å². The zero-order chi connectivity index (χ0) is 19.6. The van der Waals surface area contributed by atoms with Crippen molar-refractivity contribution in [2.24, 2.45) is 0 Å². The summed E-state index contributed by atoms with van der Waals surface area (Å²) in [6.45, 7) is 11.1. The Morgan fingerprint density at radius 3 is 2.81 bits per heavy atom. The van der Waals surface area contributed by atoms with Crippen molar-refractivity contribution in [2.45, 2.75) is 52.3 Å². The number of pyridine rings is 1.